The lowest BCUT2D eigenvalue weighted by Crippen LogP contribution is -2.28. The number of thioether (sulfide) groups is 1. The van der Waals surface area contributed by atoms with Gasteiger partial charge in [0.2, 0.25) is 5.91 Å². The normalized spacial score (nSPS) is 10.9. The summed E-state index contributed by atoms with van der Waals surface area (Å²) in [5.41, 5.74) is 2.37. The van der Waals surface area contributed by atoms with Gasteiger partial charge in [-0.1, -0.05) is 6.07 Å². The van der Waals surface area contributed by atoms with Gasteiger partial charge < -0.3 is 14.6 Å². The average molecular weight is 420 g/mol. The number of aromatic nitrogens is 3. The maximum Gasteiger partial charge on any atom is 0.277 e. The molecule has 0 bridgehead atoms. The lowest BCUT2D eigenvalue weighted by molar-refractivity contribution is -0.116. The fourth-order valence-corrected chi connectivity index (χ4v) is 3.57. The largest absolute Gasteiger partial charge is 0.497 e. The summed E-state index contributed by atoms with van der Waals surface area (Å²) in [5.74, 6) is 0.480. The summed E-state index contributed by atoms with van der Waals surface area (Å²) in [7, 11) is 1.61. The zero-order chi connectivity index (χ0) is 21.1. The van der Waals surface area contributed by atoms with Gasteiger partial charge in [-0.3, -0.25) is 9.59 Å². The Morgan fingerprint density at radius 2 is 1.93 bits per heavy atom. The van der Waals surface area contributed by atoms with Crippen molar-refractivity contribution >= 4 is 28.9 Å². The van der Waals surface area contributed by atoms with Crippen molar-refractivity contribution in [1.82, 2.24) is 14.2 Å². The maximum absolute atomic E-state index is 12.9. The van der Waals surface area contributed by atoms with E-state index in [0.717, 1.165) is 16.2 Å². The molecule has 1 N–H and O–H groups in total. The molecule has 0 atom stereocenters. The number of carbonyl (C=O) groups excluding carboxylic acids is 1. The van der Waals surface area contributed by atoms with E-state index in [4.69, 9.17) is 4.74 Å². The highest BCUT2D eigenvalue weighted by atomic mass is 32.2. The predicted molar refractivity (Wildman–Crippen MR) is 118 cm³/mol. The molecular weight excluding hydrogens is 400 g/mol. The Balaban J connectivity index is 1.56. The number of fused-ring (bicyclic) bond motifs is 1. The monoisotopic (exact) mass is 420 g/mol. The van der Waals surface area contributed by atoms with E-state index >= 15 is 0 Å². The van der Waals surface area contributed by atoms with Gasteiger partial charge in [0.15, 0.2) is 0 Å². The third-order valence-corrected chi connectivity index (χ3v) is 5.38. The predicted octanol–water partition coefficient (Wildman–Crippen LogP) is 3.53. The molecule has 152 valence electrons. The quantitative estimate of drug-likeness (QED) is 0.483. The summed E-state index contributed by atoms with van der Waals surface area (Å²) in [5, 5.41) is 7.30. The van der Waals surface area contributed by atoms with Crippen LogP contribution in [0.5, 0.6) is 5.75 Å². The topological polar surface area (TPSA) is 77.6 Å². The molecule has 2 aromatic carbocycles. The number of amides is 1. The first-order chi connectivity index (χ1) is 14.6. The van der Waals surface area contributed by atoms with Crippen molar-refractivity contribution in [3.8, 4) is 17.0 Å². The van der Waals surface area contributed by atoms with Crippen LogP contribution in [0.25, 0.3) is 16.8 Å². The van der Waals surface area contributed by atoms with Gasteiger partial charge in [0.25, 0.3) is 5.56 Å². The molecular formula is C22H20N4O3S. The van der Waals surface area contributed by atoms with Crippen molar-refractivity contribution in [3.05, 3.63) is 77.3 Å². The number of anilines is 1. The van der Waals surface area contributed by atoms with Gasteiger partial charge in [-0.2, -0.15) is 5.10 Å². The van der Waals surface area contributed by atoms with Crippen LogP contribution in [-0.4, -0.2) is 33.5 Å². The van der Waals surface area contributed by atoms with E-state index < -0.39 is 0 Å². The maximum atomic E-state index is 12.9. The zero-order valence-electron chi connectivity index (χ0n) is 16.5. The van der Waals surface area contributed by atoms with Crippen molar-refractivity contribution < 1.29 is 9.53 Å². The second kappa shape index (κ2) is 8.46. The molecule has 30 heavy (non-hydrogen) atoms. The number of nitrogens with one attached hydrogen (secondary N) is 1. The van der Waals surface area contributed by atoms with Crippen LogP contribution < -0.4 is 15.6 Å². The molecule has 0 radical (unpaired) electrons. The molecule has 0 aliphatic carbocycles. The smallest absolute Gasteiger partial charge is 0.277 e. The van der Waals surface area contributed by atoms with Crippen LogP contribution in [0.3, 0.4) is 0 Å². The Hall–Kier alpha value is -3.52. The van der Waals surface area contributed by atoms with Crippen LogP contribution in [-0.2, 0) is 11.3 Å². The fourth-order valence-electron chi connectivity index (χ4n) is 3.11. The van der Waals surface area contributed by atoms with Crippen LogP contribution >= 0.6 is 11.8 Å². The van der Waals surface area contributed by atoms with E-state index in [-0.39, 0.29) is 18.0 Å². The van der Waals surface area contributed by atoms with Crippen molar-refractivity contribution in [2.45, 2.75) is 11.4 Å². The molecule has 0 aliphatic heterocycles. The number of hydrogen-bond acceptors (Lipinski definition) is 5. The number of benzene rings is 2. The molecule has 0 fully saturated rings. The van der Waals surface area contributed by atoms with Crippen LogP contribution in [0.15, 0.2) is 76.7 Å². The molecule has 4 aromatic rings. The van der Waals surface area contributed by atoms with Gasteiger partial charge in [0.1, 0.15) is 17.8 Å². The minimum Gasteiger partial charge on any atom is -0.497 e. The zero-order valence-corrected chi connectivity index (χ0v) is 17.3. The molecule has 4 rings (SSSR count). The van der Waals surface area contributed by atoms with Gasteiger partial charge in [0.05, 0.1) is 12.8 Å². The highest BCUT2D eigenvalue weighted by molar-refractivity contribution is 7.98. The number of hydrogen-bond donors (Lipinski definition) is 1. The van der Waals surface area contributed by atoms with Crippen molar-refractivity contribution in [3.63, 3.8) is 0 Å². The van der Waals surface area contributed by atoms with Gasteiger partial charge in [-0.15, -0.1) is 11.8 Å². The van der Waals surface area contributed by atoms with Gasteiger partial charge in [0, 0.05) is 28.5 Å². The first-order valence-electron chi connectivity index (χ1n) is 9.24. The molecule has 0 unspecified atom stereocenters. The summed E-state index contributed by atoms with van der Waals surface area (Å²) in [6.07, 6.45) is 5.21. The first kappa shape index (κ1) is 19.8. The summed E-state index contributed by atoms with van der Waals surface area (Å²) < 4.78 is 8.08. The van der Waals surface area contributed by atoms with Gasteiger partial charge in [-0.25, -0.2) is 4.52 Å². The van der Waals surface area contributed by atoms with Crippen LogP contribution in [0.2, 0.25) is 0 Å². The van der Waals surface area contributed by atoms with Crippen LogP contribution in [0.1, 0.15) is 0 Å². The van der Waals surface area contributed by atoms with Gasteiger partial charge >= 0.3 is 0 Å². The summed E-state index contributed by atoms with van der Waals surface area (Å²) in [6.45, 7) is -0.0815. The summed E-state index contributed by atoms with van der Waals surface area (Å²) in [6, 6.07) is 16.7. The Morgan fingerprint density at radius 3 is 2.67 bits per heavy atom. The molecule has 0 saturated carbocycles. The van der Waals surface area contributed by atoms with E-state index in [1.54, 1.807) is 37.3 Å². The van der Waals surface area contributed by atoms with Crippen molar-refractivity contribution in [1.29, 1.82) is 0 Å². The van der Waals surface area contributed by atoms with E-state index in [9.17, 15) is 9.59 Å². The second-order valence-electron chi connectivity index (χ2n) is 6.60. The molecule has 2 aromatic heterocycles. The van der Waals surface area contributed by atoms with Crippen molar-refractivity contribution in [2.24, 2.45) is 0 Å². The molecule has 2 heterocycles. The van der Waals surface area contributed by atoms with E-state index in [2.05, 4.69) is 10.4 Å². The molecule has 1 amide bonds. The van der Waals surface area contributed by atoms with Crippen molar-refractivity contribution in [2.75, 3.05) is 18.7 Å². The number of ether oxygens (including phenoxy) is 1. The number of nitrogens with zero attached hydrogens (tertiary/aromatic N) is 3. The number of rotatable bonds is 6. The van der Waals surface area contributed by atoms with Crippen LogP contribution in [0, 0.1) is 0 Å². The molecule has 0 aliphatic rings. The molecule has 8 heteroatoms. The summed E-state index contributed by atoms with van der Waals surface area (Å²) >= 11 is 1.60. The molecule has 0 saturated heterocycles. The minimum atomic E-state index is -0.280. The Kier molecular flexibility index (Phi) is 5.58. The Morgan fingerprint density at radius 1 is 1.13 bits per heavy atom. The van der Waals surface area contributed by atoms with Gasteiger partial charge in [-0.05, 0) is 54.8 Å². The van der Waals surface area contributed by atoms with E-state index in [0.29, 0.717) is 16.9 Å². The highest BCUT2D eigenvalue weighted by Gasteiger charge is 2.12. The highest BCUT2D eigenvalue weighted by Crippen LogP contribution is 2.22. The Labute approximate surface area is 177 Å². The second-order valence-corrected chi connectivity index (χ2v) is 7.48. The van der Waals surface area contributed by atoms with E-state index in [1.165, 1.54) is 9.08 Å². The minimum absolute atomic E-state index is 0.0815. The Bertz CT molecular complexity index is 1260. The average Bonchev–Trinajstić information content (AvgIpc) is 3.21. The fraction of sp³-hybridized carbons (Fsp3) is 0.136. The lowest BCUT2D eigenvalue weighted by Gasteiger charge is -2.08. The van der Waals surface area contributed by atoms with Crippen LogP contribution in [0.4, 0.5) is 5.69 Å². The van der Waals surface area contributed by atoms with E-state index in [1.807, 2.05) is 54.8 Å². The third kappa shape index (κ3) is 4.08. The number of methoxy groups -OCH3 is 1. The lowest BCUT2D eigenvalue weighted by atomic mass is 10.1. The molecule has 7 nitrogen and oxygen atoms in total. The first-order valence-corrected chi connectivity index (χ1v) is 10.5. The third-order valence-electron chi connectivity index (χ3n) is 4.66. The number of carbonyl (C=O) groups is 1. The SMILES string of the molecule is COc1ccc(-c2cc3c(=O)n(CC(=O)Nc4cccc(SC)c4)ccn3n2)cc1. The standard InChI is InChI=1S/C22H20N4O3S/c1-29-17-8-6-15(7-9-17)19-13-20-22(28)25(10-11-26(20)24-19)14-21(27)23-16-4-3-5-18(12-16)30-2/h3-13H,14H2,1-2H3,(H,23,27). The summed E-state index contributed by atoms with van der Waals surface area (Å²) in [4.78, 5) is 26.4. The molecule has 0 spiro atoms.